The number of hydrogen-bond donors (Lipinski definition) is 2. The summed E-state index contributed by atoms with van der Waals surface area (Å²) in [6, 6.07) is 17.9. The number of halogens is 1. The number of ether oxygens (including phenoxy) is 2. The molecule has 178 valence electrons. The number of hydrogen-bond acceptors (Lipinski definition) is 6. The van der Waals surface area contributed by atoms with Crippen LogP contribution in [0.15, 0.2) is 83.9 Å². The number of nitrogens with one attached hydrogen (secondary N) is 2. The highest BCUT2D eigenvalue weighted by Gasteiger charge is 2.19. The van der Waals surface area contributed by atoms with E-state index >= 15 is 0 Å². The van der Waals surface area contributed by atoms with E-state index in [0.29, 0.717) is 41.8 Å². The standard InChI is InChI=1S/C24H19FN4O5S/c25-16-2-1-3-19(14-16)29-11-10-21(27-29)24(30)26-17-4-6-18(7-5-17)28-35(31,32)20-8-9-22-23(15-20)34-13-12-33-22/h1-11,14-15,28H,12-13H2,(H,26,30). The van der Waals surface area contributed by atoms with Crippen LogP contribution in [-0.2, 0) is 10.0 Å². The lowest BCUT2D eigenvalue weighted by Crippen LogP contribution is -2.17. The van der Waals surface area contributed by atoms with E-state index in [0.717, 1.165) is 0 Å². The average Bonchev–Trinajstić information content (AvgIpc) is 3.35. The molecule has 0 fully saturated rings. The first-order chi connectivity index (χ1) is 16.9. The van der Waals surface area contributed by atoms with Crippen molar-refractivity contribution in [3.63, 3.8) is 0 Å². The van der Waals surface area contributed by atoms with Crippen molar-refractivity contribution in [3.8, 4) is 17.2 Å². The van der Waals surface area contributed by atoms with Crippen molar-refractivity contribution in [1.29, 1.82) is 0 Å². The minimum atomic E-state index is -3.86. The third kappa shape index (κ3) is 4.94. The maximum atomic E-state index is 13.4. The van der Waals surface area contributed by atoms with Crippen LogP contribution >= 0.6 is 0 Å². The van der Waals surface area contributed by atoms with Gasteiger partial charge in [-0.15, -0.1) is 0 Å². The molecular formula is C24H19FN4O5S. The van der Waals surface area contributed by atoms with Gasteiger partial charge in [0.25, 0.3) is 15.9 Å². The Hall–Kier alpha value is -4.38. The second-order valence-corrected chi connectivity index (χ2v) is 9.25. The zero-order chi connectivity index (χ0) is 24.4. The topological polar surface area (TPSA) is 112 Å². The largest absolute Gasteiger partial charge is 0.486 e. The van der Waals surface area contributed by atoms with Crippen molar-refractivity contribution >= 4 is 27.3 Å². The van der Waals surface area contributed by atoms with Crippen molar-refractivity contribution < 1.29 is 27.1 Å². The van der Waals surface area contributed by atoms with Crippen LogP contribution < -0.4 is 19.5 Å². The van der Waals surface area contributed by atoms with E-state index in [1.54, 1.807) is 36.5 Å². The van der Waals surface area contributed by atoms with Crippen molar-refractivity contribution in [3.05, 3.63) is 90.5 Å². The number of nitrogens with zero attached hydrogens (tertiary/aromatic N) is 2. The van der Waals surface area contributed by atoms with Crippen LogP contribution in [0.4, 0.5) is 15.8 Å². The fourth-order valence-corrected chi connectivity index (χ4v) is 4.50. The van der Waals surface area contributed by atoms with Gasteiger partial charge in [-0.2, -0.15) is 5.10 Å². The molecular weight excluding hydrogens is 475 g/mol. The smallest absolute Gasteiger partial charge is 0.276 e. The van der Waals surface area contributed by atoms with Gasteiger partial charge in [0.2, 0.25) is 0 Å². The highest BCUT2D eigenvalue weighted by molar-refractivity contribution is 7.92. The Bertz CT molecular complexity index is 1500. The second kappa shape index (κ2) is 9.11. The van der Waals surface area contributed by atoms with Crippen LogP contribution in [-0.4, -0.2) is 37.3 Å². The molecule has 0 spiro atoms. The number of fused-ring (bicyclic) bond motifs is 1. The van der Waals surface area contributed by atoms with Gasteiger partial charge in [0.05, 0.1) is 10.6 Å². The Labute approximate surface area is 200 Å². The SMILES string of the molecule is O=C(Nc1ccc(NS(=O)(=O)c2ccc3c(c2)OCCO3)cc1)c1ccn(-c2cccc(F)c2)n1. The lowest BCUT2D eigenvalue weighted by Gasteiger charge is -2.19. The zero-order valence-corrected chi connectivity index (χ0v) is 19.0. The van der Waals surface area contributed by atoms with E-state index in [1.165, 1.54) is 47.1 Å². The van der Waals surface area contributed by atoms with Crippen molar-refractivity contribution in [2.24, 2.45) is 0 Å². The average molecular weight is 495 g/mol. The van der Waals surface area contributed by atoms with Gasteiger partial charge in [0.1, 0.15) is 19.0 Å². The summed E-state index contributed by atoms with van der Waals surface area (Å²) in [6.45, 7) is 0.761. The lowest BCUT2D eigenvalue weighted by atomic mass is 10.3. The molecule has 9 nitrogen and oxygen atoms in total. The molecule has 0 aliphatic carbocycles. The summed E-state index contributed by atoms with van der Waals surface area (Å²) in [7, 11) is -3.86. The second-order valence-electron chi connectivity index (χ2n) is 7.57. The number of aromatic nitrogens is 2. The molecule has 5 rings (SSSR count). The van der Waals surface area contributed by atoms with E-state index < -0.39 is 21.7 Å². The van der Waals surface area contributed by atoms with Gasteiger partial charge in [-0.3, -0.25) is 9.52 Å². The summed E-state index contributed by atoms with van der Waals surface area (Å²) < 4.78 is 53.7. The number of anilines is 2. The Kier molecular flexibility index (Phi) is 5.83. The quantitative estimate of drug-likeness (QED) is 0.421. The molecule has 0 atom stereocenters. The molecule has 0 unspecified atom stereocenters. The maximum Gasteiger partial charge on any atom is 0.276 e. The van der Waals surface area contributed by atoms with E-state index in [1.807, 2.05) is 0 Å². The Morgan fingerprint density at radius 3 is 2.43 bits per heavy atom. The van der Waals surface area contributed by atoms with Gasteiger partial charge in [0, 0.05) is 23.6 Å². The molecule has 2 heterocycles. The first kappa shape index (κ1) is 22.4. The molecule has 1 aliphatic rings. The van der Waals surface area contributed by atoms with Crippen molar-refractivity contribution in [2.75, 3.05) is 23.3 Å². The summed E-state index contributed by atoms with van der Waals surface area (Å²) in [5, 5.41) is 6.87. The lowest BCUT2D eigenvalue weighted by molar-refractivity contribution is 0.102. The number of carbonyl (C=O) groups is 1. The van der Waals surface area contributed by atoms with Gasteiger partial charge in [-0.25, -0.2) is 17.5 Å². The van der Waals surface area contributed by atoms with E-state index in [2.05, 4.69) is 15.1 Å². The number of amides is 1. The Morgan fingerprint density at radius 2 is 1.66 bits per heavy atom. The van der Waals surface area contributed by atoms with Crippen LogP contribution in [0.3, 0.4) is 0 Å². The van der Waals surface area contributed by atoms with Crippen LogP contribution in [0.5, 0.6) is 11.5 Å². The summed E-state index contributed by atoms with van der Waals surface area (Å²) in [5.41, 5.74) is 1.38. The molecule has 1 aromatic heterocycles. The fourth-order valence-electron chi connectivity index (χ4n) is 3.43. The minimum Gasteiger partial charge on any atom is -0.486 e. The molecule has 2 N–H and O–H groups in total. The van der Waals surface area contributed by atoms with Gasteiger partial charge >= 0.3 is 0 Å². The van der Waals surface area contributed by atoms with E-state index in [-0.39, 0.29) is 10.6 Å². The third-order valence-electron chi connectivity index (χ3n) is 5.11. The monoisotopic (exact) mass is 494 g/mol. The van der Waals surface area contributed by atoms with E-state index in [9.17, 15) is 17.6 Å². The normalized spacial score (nSPS) is 12.7. The number of sulfonamides is 1. The van der Waals surface area contributed by atoms with Crippen LogP contribution in [0.25, 0.3) is 5.69 Å². The number of benzene rings is 3. The molecule has 0 radical (unpaired) electrons. The summed E-state index contributed by atoms with van der Waals surface area (Å²) >= 11 is 0. The molecule has 11 heteroatoms. The molecule has 4 aromatic rings. The molecule has 0 saturated carbocycles. The first-order valence-electron chi connectivity index (χ1n) is 10.5. The highest BCUT2D eigenvalue weighted by Crippen LogP contribution is 2.32. The first-order valence-corrected chi connectivity index (χ1v) is 12.0. The number of carbonyl (C=O) groups excluding carboxylic acids is 1. The molecule has 35 heavy (non-hydrogen) atoms. The summed E-state index contributed by atoms with van der Waals surface area (Å²) in [4.78, 5) is 12.6. The third-order valence-corrected chi connectivity index (χ3v) is 6.49. The summed E-state index contributed by atoms with van der Waals surface area (Å²) in [6.07, 6.45) is 1.56. The molecule has 1 aliphatic heterocycles. The highest BCUT2D eigenvalue weighted by atomic mass is 32.2. The summed E-state index contributed by atoms with van der Waals surface area (Å²) in [5.74, 6) is -0.00784. The minimum absolute atomic E-state index is 0.0352. The molecule has 0 saturated heterocycles. The van der Waals surface area contributed by atoms with Gasteiger partial charge in [-0.05, 0) is 60.7 Å². The van der Waals surface area contributed by atoms with Crippen LogP contribution in [0.2, 0.25) is 0 Å². The van der Waals surface area contributed by atoms with Gasteiger partial charge < -0.3 is 14.8 Å². The molecule has 1 amide bonds. The predicted molar refractivity (Wildman–Crippen MR) is 126 cm³/mol. The van der Waals surface area contributed by atoms with Crippen LogP contribution in [0, 0.1) is 5.82 Å². The van der Waals surface area contributed by atoms with Crippen LogP contribution in [0.1, 0.15) is 10.5 Å². The van der Waals surface area contributed by atoms with E-state index in [4.69, 9.17) is 9.47 Å². The number of rotatable bonds is 6. The van der Waals surface area contributed by atoms with Crippen molar-refractivity contribution in [2.45, 2.75) is 4.90 Å². The van der Waals surface area contributed by atoms with Gasteiger partial charge in [-0.1, -0.05) is 6.07 Å². The molecule has 0 bridgehead atoms. The Morgan fingerprint density at radius 1 is 0.914 bits per heavy atom. The fraction of sp³-hybridized carbons (Fsp3) is 0.0833. The Balaban J connectivity index is 1.25. The predicted octanol–water partition coefficient (Wildman–Crippen LogP) is 3.84. The zero-order valence-electron chi connectivity index (χ0n) is 18.1. The van der Waals surface area contributed by atoms with Gasteiger partial charge in [0.15, 0.2) is 17.2 Å². The molecule has 3 aromatic carbocycles. The van der Waals surface area contributed by atoms with Crippen molar-refractivity contribution in [1.82, 2.24) is 9.78 Å². The maximum absolute atomic E-state index is 13.4.